The Morgan fingerprint density at radius 1 is 0.950 bits per heavy atom. The van der Waals surface area contributed by atoms with Gasteiger partial charge in [0.2, 0.25) is 0 Å². The van der Waals surface area contributed by atoms with Crippen LogP contribution in [0.1, 0.15) is 29.8 Å². The Morgan fingerprint density at radius 2 is 1.65 bits per heavy atom. The molecule has 6 heteroatoms. The molecule has 2 N–H and O–H groups in total. The summed E-state index contributed by atoms with van der Waals surface area (Å²) in [6, 6.07) is 1.90. The van der Waals surface area contributed by atoms with Crippen molar-refractivity contribution in [1.82, 2.24) is 19.9 Å². The zero-order valence-corrected chi connectivity index (χ0v) is 12.4. The van der Waals surface area contributed by atoms with Crippen molar-refractivity contribution < 1.29 is 0 Å². The monoisotopic (exact) mass is 272 g/mol. The van der Waals surface area contributed by atoms with Gasteiger partial charge in [-0.2, -0.15) is 0 Å². The fourth-order valence-electron chi connectivity index (χ4n) is 1.92. The van der Waals surface area contributed by atoms with Gasteiger partial charge in [0.05, 0.1) is 12.2 Å². The van der Waals surface area contributed by atoms with E-state index in [-0.39, 0.29) is 0 Å². The van der Waals surface area contributed by atoms with Gasteiger partial charge in [-0.05, 0) is 33.8 Å². The van der Waals surface area contributed by atoms with E-state index in [0.717, 1.165) is 41.1 Å². The minimum absolute atomic E-state index is 0.617. The molecule has 0 saturated carbocycles. The topological polar surface area (TPSA) is 75.6 Å². The summed E-state index contributed by atoms with van der Waals surface area (Å²) < 4.78 is 0. The van der Waals surface area contributed by atoms with E-state index in [2.05, 4.69) is 30.6 Å². The van der Waals surface area contributed by atoms with E-state index in [1.54, 1.807) is 6.20 Å². The Hall–Kier alpha value is -2.24. The number of aryl methyl sites for hydroxylation is 2. The molecule has 6 nitrogen and oxygen atoms in total. The van der Waals surface area contributed by atoms with Crippen molar-refractivity contribution in [3.05, 3.63) is 35.2 Å². The van der Waals surface area contributed by atoms with E-state index in [1.165, 1.54) is 0 Å². The maximum Gasteiger partial charge on any atom is 0.135 e. The first-order valence-corrected chi connectivity index (χ1v) is 6.71. The van der Waals surface area contributed by atoms with Crippen LogP contribution in [-0.4, -0.2) is 26.5 Å². The average Bonchev–Trinajstić information content (AvgIpc) is 2.41. The summed E-state index contributed by atoms with van der Waals surface area (Å²) in [4.78, 5) is 17.3. The van der Waals surface area contributed by atoms with Crippen LogP contribution in [0.25, 0.3) is 0 Å². The van der Waals surface area contributed by atoms with Gasteiger partial charge < -0.3 is 10.6 Å². The lowest BCUT2D eigenvalue weighted by molar-refractivity contribution is 0.936. The predicted octanol–water partition coefficient (Wildman–Crippen LogP) is 2.24. The third-order valence-corrected chi connectivity index (χ3v) is 2.87. The lowest BCUT2D eigenvalue weighted by atomic mass is 10.3. The Balaban J connectivity index is 2.16. The second-order valence-electron chi connectivity index (χ2n) is 4.57. The minimum Gasteiger partial charge on any atom is -0.370 e. The first-order valence-electron chi connectivity index (χ1n) is 6.71. The molecule has 0 aliphatic heterocycles. The quantitative estimate of drug-likeness (QED) is 0.869. The number of nitrogens with zero attached hydrogens (tertiary/aromatic N) is 4. The van der Waals surface area contributed by atoms with Crippen molar-refractivity contribution in [2.75, 3.05) is 17.2 Å². The van der Waals surface area contributed by atoms with Crippen LogP contribution < -0.4 is 10.6 Å². The lowest BCUT2D eigenvalue weighted by Crippen LogP contribution is -2.10. The third-order valence-electron chi connectivity index (χ3n) is 2.87. The minimum atomic E-state index is 0.617. The molecule has 0 bridgehead atoms. The zero-order valence-electron chi connectivity index (χ0n) is 12.4. The van der Waals surface area contributed by atoms with Crippen molar-refractivity contribution >= 4 is 11.6 Å². The average molecular weight is 272 g/mol. The summed E-state index contributed by atoms with van der Waals surface area (Å²) in [6.45, 7) is 9.28. The van der Waals surface area contributed by atoms with Crippen LogP contribution in [0.4, 0.5) is 11.6 Å². The largest absolute Gasteiger partial charge is 0.370 e. The summed E-state index contributed by atoms with van der Waals surface area (Å²) >= 11 is 0. The predicted molar refractivity (Wildman–Crippen MR) is 79.8 cm³/mol. The Bertz CT molecular complexity index is 596. The second kappa shape index (κ2) is 6.27. The van der Waals surface area contributed by atoms with Gasteiger partial charge in [-0.25, -0.2) is 19.9 Å². The molecule has 0 fully saturated rings. The van der Waals surface area contributed by atoms with Gasteiger partial charge >= 0.3 is 0 Å². The summed E-state index contributed by atoms with van der Waals surface area (Å²) in [7, 11) is 0. The van der Waals surface area contributed by atoms with E-state index >= 15 is 0 Å². The lowest BCUT2D eigenvalue weighted by Gasteiger charge is -2.13. The highest BCUT2D eigenvalue weighted by atomic mass is 15.1. The van der Waals surface area contributed by atoms with Gasteiger partial charge in [0.1, 0.15) is 23.3 Å². The first kappa shape index (κ1) is 14.2. The van der Waals surface area contributed by atoms with Crippen LogP contribution in [0.2, 0.25) is 0 Å². The van der Waals surface area contributed by atoms with Crippen molar-refractivity contribution in [2.45, 2.75) is 34.2 Å². The number of nitrogens with one attached hydrogen (secondary N) is 2. The number of anilines is 2. The molecule has 2 heterocycles. The first-order chi connectivity index (χ1) is 9.60. The van der Waals surface area contributed by atoms with E-state index in [4.69, 9.17) is 0 Å². The molecule has 2 aromatic heterocycles. The number of hydrogen-bond acceptors (Lipinski definition) is 6. The molecule has 0 aromatic carbocycles. The van der Waals surface area contributed by atoms with E-state index in [9.17, 15) is 0 Å². The normalized spacial score (nSPS) is 10.4. The van der Waals surface area contributed by atoms with E-state index in [1.807, 2.05) is 33.8 Å². The molecule has 20 heavy (non-hydrogen) atoms. The molecule has 0 spiro atoms. The second-order valence-corrected chi connectivity index (χ2v) is 4.57. The fourth-order valence-corrected chi connectivity index (χ4v) is 1.92. The van der Waals surface area contributed by atoms with Crippen molar-refractivity contribution in [3.63, 3.8) is 0 Å². The Morgan fingerprint density at radius 3 is 2.30 bits per heavy atom. The van der Waals surface area contributed by atoms with E-state index in [0.29, 0.717) is 6.54 Å². The van der Waals surface area contributed by atoms with Crippen molar-refractivity contribution in [3.8, 4) is 0 Å². The number of hydrogen-bond donors (Lipinski definition) is 2. The van der Waals surface area contributed by atoms with Gasteiger partial charge in [0, 0.05) is 18.3 Å². The highest BCUT2D eigenvalue weighted by molar-refractivity contribution is 5.57. The molecule has 0 amide bonds. The molecule has 0 radical (unpaired) electrons. The maximum absolute atomic E-state index is 4.45. The molecule has 0 aliphatic rings. The van der Waals surface area contributed by atoms with Crippen LogP contribution in [0.5, 0.6) is 0 Å². The smallest absolute Gasteiger partial charge is 0.135 e. The molecule has 2 rings (SSSR count). The number of aromatic nitrogens is 4. The zero-order chi connectivity index (χ0) is 14.5. The van der Waals surface area contributed by atoms with Crippen LogP contribution in [0, 0.1) is 20.8 Å². The molecule has 2 aromatic rings. The van der Waals surface area contributed by atoms with Gasteiger partial charge in [0.15, 0.2) is 0 Å². The Labute approximate surface area is 119 Å². The SMILES string of the molecule is CCNc1nc(C)nc(NCc2ccnc(C)n2)c1C. The standard InChI is InChI=1S/C14H20N6/c1-5-15-13-9(2)14(20-11(4)19-13)17-8-12-6-7-16-10(3)18-12/h6-7H,5,8H2,1-4H3,(H2,15,17,19,20). The molecular formula is C14H20N6. The van der Waals surface area contributed by atoms with Crippen LogP contribution in [0.3, 0.4) is 0 Å². The summed E-state index contributed by atoms with van der Waals surface area (Å²) in [5, 5.41) is 6.56. The van der Waals surface area contributed by atoms with Gasteiger partial charge in [-0.3, -0.25) is 0 Å². The molecule has 0 atom stereocenters. The maximum atomic E-state index is 4.45. The molecule has 0 aliphatic carbocycles. The van der Waals surface area contributed by atoms with Crippen molar-refractivity contribution in [2.24, 2.45) is 0 Å². The number of rotatable bonds is 5. The highest BCUT2D eigenvalue weighted by Gasteiger charge is 2.08. The van der Waals surface area contributed by atoms with Gasteiger partial charge in [-0.1, -0.05) is 0 Å². The molecule has 0 saturated heterocycles. The van der Waals surface area contributed by atoms with Gasteiger partial charge in [-0.15, -0.1) is 0 Å². The summed E-state index contributed by atoms with van der Waals surface area (Å²) in [5.74, 6) is 3.23. The van der Waals surface area contributed by atoms with Crippen LogP contribution >= 0.6 is 0 Å². The fraction of sp³-hybridized carbons (Fsp3) is 0.429. The van der Waals surface area contributed by atoms with Crippen LogP contribution in [0.15, 0.2) is 12.3 Å². The summed E-state index contributed by atoms with van der Waals surface area (Å²) in [6.07, 6.45) is 1.77. The third kappa shape index (κ3) is 3.40. The highest BCUT2D eigenvalue weighted by Crippen LogP contribution is 2.20. The molecular weight excluding hydrogens is 252 g/mol. The van der Waals surface area contributed by atoms with Gasteiger partial charge in [0.25, 0.3) is 0 Å². The van der Waals surface area contributed by atoms with Crippen molar-refractivity contribution in [1.29, 1.82) is 0 Å². The molecule has 0 unspecified atom stereocenters. The Kier molecular flexibility index (Phi) is 4.45. The van der Waals surface area contributed by atoms with Crippen LogP contribution in [-0.2, 0) is 6.54 Å². The van der Waals surface area contributed by atoms with E-state index < -0.39 is 0 Å². The molecule has 106 valence electrons. The summed E-state index contributed by atoms with van der Waals surface area (Å²) in [5.41, 5.74) is 1.96.